The first-order chi connectivity index (χ1) is 13.7. The Morgan fingerprint density at radius 2 is 1.96 bits per heavy atom. The van der Waals surface area contributed by atoms with Gasteiger partial charge in [0.05, 0.1) is 0 Å². The molecule has 2 aliphatic rings. The lowest BCUT2D eigenvalue weighted by Crippen LogP contribution is -2.46. The maximum Gasteiger partial charge on any atom is 0.225 e. The molecule has 1 amide bonds. The van der Waals surface area contributed by atoms with Crippen molar-refractivity contribution in [2.24, 2.45) is 10.9 Å². The van der Waals surface area contributed by atoms with Gasteiger partial charge in [-0.15, -0.1) is 0 Å². The molecular formula is C21H32N4O2S. The van der Waals surface area contributed by atoms with Crippen LogP contribution in [0.15, 0.2) is 35.3 Å². The van der Waals surface area contributed by atoms with Crippen molar-refractivity contribution in [1.29, 1.82) is 0 Å². The lowest BCUT2D eigenvalue weighted by molar-refractivity contribution is -0.134. The Kier molecular flexibility index (Phi) is 7.89. The zero-order chi connectivity index (χ0) is 19.8. The molecule has 2 N–H and O–H groups in total. The topological polar surface area (TPSA) is 73.8 Å². The first-order valence-corrected chi connectivity index (χ1v) is 11.8. The largest absolute Gasteiger partial charge is 0.355 e. The van der Waals surface area contributed by atoms with Gasteiger partial charge in [0.1, 0.15) is 0 Å². The minimum atomic E-state index is -0.905. The summed E-state index contributed by atoms with van der Waals surface area (Å²) in [6, 6.07) is 10.1. The second-order valence-corrected chi connectivity index (χ2v) is 9.25. The summed E-state index contributed by atoms with van der Waals surface area (Å²) in [5.41, 5.74) is 1.10. The van der Waals surface area contributed by atoms with Crippen LogP contribution < -0.4 is 10.6 Å². The Bertz CT molecular complexity index is 689. The third-order valence-electron chi connectivity index (χ3n) is 5.56. The first-order valence-electron chi connectivity index (χ1n) is 10.3. The van der Waals surface area contributed by atoms with E-state index in [1.165, 1.54) is 12.8 Å². The number of likely N-dealkylation sites (tertiary alicyclic amines) is 1. The van der Waals surface area contributed by atoms with E-state index in [9.17, 15) is 9.00 Å². The third-order valence-corrected chi connectivity index (χ3v) is 6.88. The molecule has 0 bridgehead atoms. The normalized spacial score (nSPS) is 21.7. The summed E-state index contributed by atoms with van der Waals surface area (Å²) in [7, 11) is 0.838. The molecule has 1 aliphatic carbocycles. The third kappa shape index (κ3) is 6.06. The van der Waals surface area contributed by atoms with Gasteiger partial charge in [-0.25, -0.2) is 0 Å². The summed E-state index contributed by atoms with van der Waals surface area (Å²) in [6.45, 7) is 2.18. The molecule has 1 heterocycles. The van der Waals surface area contributed by atoms with Crippen LogP contribution in [0.1, 0.15) is 37.7 Å². The highest BCUT2D eigenvalue weighted by Gasteiger charge is 2.32. The minimum Gasteiger partial charge on any atom is -0.355 e. The summed E-state index contributed by atoms with van der Waals surface area (Å²) in [4.78, 5) is 18.8. The number of hydrogen-bond acceptors (Lipinski definition) is 3. The molecule has 6 nitrogen and oxygen atoms in total. The number of nitrogens with zero attached hydrogens (tertiary/aromatic N) is 2. The fourth-order valence-electron chi connectivity index (χ4n) is 4.01. The van der Waals surface area contributed by atoms with E-state index < -0.39 is 10.8 Å². The monoisotopic (exact) mass is 404 g/mol. The molecular weight excluding hydrogens is 372 g/mol. The van der Waals surface area contributed by atoms with Crippen molar-refractivity contribution in [3.8, 4) is 0 Å². The number of nitrogens with one attached hydrogen (secondary N) is 2. The molecule has 0 radical (unpaired) electrons. The predicted molar refractivity (Wildman–Crippen MR) is 115 cm³/mol. The maximum absolute atomic E-state index is 12.6. The maximum atomic E-state index is 12.6. The second kappa shape index (κ2) is 10.6. The SMILES string of the molecule is CN=C(NCCS(=O)Cc1ccccc1)NC1CCN(C(=O)C2CCCC2)C1. The van der Waals surface area contributed by atoms with Crippen LogP contribution in [-0.4, -0.2) is 59.5 Å². The molecule has 1 aromatic carbocycles. The molecule has 28 heavy (non-hydrogen) atoms. The fourth-order valence-corrected chi connectivity index (χ4v) is 5.05. The van der Waals surface area contributed by atoms with Gasteiger partial charge in [-0.3, -0.25) is 14.0 Å². The molecule has 2 fully saturated rings. The van der Waals surface area contributed by atoms with Crippen molar-refractivity contribution in [2.75, 3.05) is 32.4 Å². The number of amides is 1. The van der Waals surface area contributed by atoms with Crippen molar-refractivity contribution in [1.82, 2.24) is 15.5 Å². The van der Waals surface area contributed by atoms with Gasteiger partial charge in [-0.2, -0.15) is 0 Å². The van der Waals surface area contributed by atoms with E-state index in [4.69, 9.17) is 0 Å². The van der Waals surface area contributed by atoms with E-state index in [0.717, 1.165) is 43.9 Å². The van der Waals surface area contributed by atoms with Gasteiger partial charge < -0.3 is 15.5 Å². The van der Waals surface area contributed by atoms with Crippen LogP contribution >= 0.6 is 0 Å². The Labute approximate surface area is 170 Å². The quantitative estimate of drug-likeness (QED) is 0.538. The number of carbonyl (C=O) groups is 1. The van der Waals surface area contributed by atoms with Crippen molar-refractivity contribution in [3.63, 3.8) is 0 Å². The zero-order valence-electron chi connectivity index (χ0n) is 16.7. The van der Waals surface area contributed by atoms with Gasteiger partial charge >= 0.3 is 0 Å². The molecule has 3 rings (SSSR count). The van der Waals surface area contributed by atoms with E-state index >= 15 is 0 Å². The van der Waals surface area contributed by atoms with Gasteiger partial charge in [0.25, 0.3) is 0 Å². The van der Waals surface area contributed by atoms with Crippen LogP contribution in [0, 0.1) is 5.92 Å². The van der Waals surface area contributed by atoms with Crippen LogP contribution in [0.4, 0.5) is 0 Å². The molecule has 2 unspecified atom stereocenters. The van der Waals surface area contributed by atoms with Gasteiger partial charge in [0, 0.05) is 60.9 Å². The summed E-state index contributed by atoms with van der Waals surface area (Å²) < 4.78 is 12.2. The highest BCUT2D eigenvalue weighted by Crippen LogP contribution is 2.27. The van der Waals surface area contributed by atoms with Crippen molar-refractivity contribution in [2.45, 2.75) is 43.9 Å². The average molecular weight is 405 g/mol. The van der Waals surface area contributed by atoms with Crippen molar-refractivity contribution >= 4 is 22.7 Å². The van der Waals surface area contributed by atoms with Crippen molar-refractivity contribution < 1.29 is 9.00 Å². The summed E-state index contributed by atoms with van der Waals surface area (Å²) in [6.07, 6.45) is 5.43. The lowest BCUT2D eigenvalue weighted by Gasteiger charge is -2.21. The fraction of sp³-hybridized carbons (Fsp3) is 0.619. The van der Waals surface area contributed by atoms with Crippen LogP contribution in [0.3, 0.4) is 0 Å². The van der Waals surface area contributed by atoms with E-state index in [1.54, 1.807) is 7.05 Å². The number of hydrogen-bond donors (Lipinski definition) is 2. The van der Waals surface area contributed by atoms with Gasteiger partial charge in [0.2, 0.25) is 5.91 Å². The number of rotatable bonds is 7. The summed E-state index contributed by atoms with van der Waals surface area (Å²) in [5.74, 6) is 2.45. The lowest BCUT2D eigenvalue weighted by atomic mass is 10.1. The number of carbonyl (C=O) groups excluding carboxylic acids is 1. The smallest absolute Gasteiger partial charge is 0.225 e. The Hall–Kier alpha value is -1.89. The average Bonchev–Trinajstić information content (AvgIpc) is 3.40. The second-order valence-electron chi connectivity index (χ2n) is 7.67. The number of guanidine groups is 1. The van der Waals surface area contributed by atoms with Crippen LogP contribution in [0.25, 0.3) is 0 Å². The predicted octanol–water partition coefficient (Wildman–Crippen LogP) is 1.89. The molecule has 1 saturated heterocycles. The van der Waals surface area contributed by atoms with E-state index in [1.807, 2.05) is 35.2 Å². The molecule has 1 aliphatic heterocycles. The molecule has 2 atom stereocenters. The summed E-state index contributed by atoms with van der Waals surface area (Å²) in [5, 5.41) is 6.67. The van der Waals surface area contributed by atoms with Crippen LogP contribution in [0.2, 0.25) is 0 Å². The van der Waals surface area contributed by atoms with E-state index in [-0.39, 0.29) is 12.0 Å². The Morgan fingerprint density at radius 3 is 2.68 bits per heavy atom. The van der Waals surface area contributed by atoms with E-state index in [0.29, 0.717) is 24.0 Å². The minimum absolute atomic E-state index is 0.228. The van der Waals surface area contributed by atoms with E-state index in [2.05, 4.69) is 15.6 Å². The molecule has 1 saturated carbocycles. The van der Waals surface area contributed by atoms with Crippen LogP contribution in [0.5, 0.6) is 0 Å². The van der Waals surface area contributed by atoms with Gasteiger partial charge in [0.15, 0.2) is 5.96 Å². The number of benzene rings is 1. The van der Waals surface area contributed by atoms with Crippen LogP contribution in [-0.2, 0) is 21.3 Å². The standard InChI is InChI=1S/C21H32N4O2S/c1-22-21(23-12-14-28(27)16-17-7-3-2-4-8-17)24-19-11-13-25(15-19)20(26)18-9-5-6-10-18/h2-4,7-8,18-19H,5-6,9-16H2,1H3,(H2,22,23,24). The Balaban J connectivity index is 1.36. The highest BCUT2D eigenvalue weighted by atomic mass is 32.2. The molecule has 7 heteroatoms. The number of aliphatic imine (C=N–C) groups is 1. The van der Waals surface area contributed by atoms with Gasteiger partial charge in [-0.1, -0.05) is 43.2 Å². The van der Waals surface area contributed by atoms with Crippen molar-refractivity contribution in [3.05, 3.63) is 35.9 Å². The Morgan fingerprint density at radius 1 is 1.21 bits per heavy atom. The highest BCUT2D eigenvalue weighted by molar-refractivity contribution is 7.84. The molecule has 0 aromatic heterocycles. The molecule has 0 spiro atoms. The van der Waals surface area contributed by atoms with Gasteiger partial charge in [-0.05, 0) is 24.8 Å². The first kappa shape index (κ1) is 20.8. The molecule has 1 aromatic rings. The summed E-state index contributed by atoms with van der Waals surface area (Å²) >= 11 is 0. The molecule has 154 valence electrons. The zero-order valence-corrected chi connectivity index (χ0v) is 17.5.